The van der Waals surface area contributed by atoms with Gasteiger partial charge in [0.05, 0.1) is 17.1 Å². The van der Waals surface area contributed by atoms with Crippen molar-refractivity contribution >= 4 is 22.9 Å². The summed E-state index contributed by atoms with van der Waals surface area (Å²) in [5.41, 5.74) is 10.7. The fourth-order valence-electron chi connectivity index (χ4n) is 2.20. The van der Waals surface area contributed by atoms with Gasteiger partial charge in [-0.25, -0.2) is 4.98 Å². The van der Waals surface area contributed by atoms with Crippen LogP contribution >= 0.6 is 11.3 Å². The van der Waals surface area contributed by atoms with Crippen LogP contribution in [0.15, 0.2) is 35.2 Å². The number of aromatic nitrogens is 1. The van der Waals surface area contributed by atoms with Gasteiger partial charge in [-0.3, -0.25) is 9.69 Å². The zero-order chi connectivity index (χ0) is 16.8. The van der Waals surface area contributed by atoms with Crippen LogP contribution < -0.4 is 11.1 Å². The van der Waals surface area contributed by atoms with Crippen molar-refractivity contribution in [3.05, 3.63) is 46.4 Å². The molecule has 3 N–H and O–H groups in total. The Balaban J connectivity index is 1.95. The highest BCUT2D eigenvalue weighted by atomic mass is 32.1. The van der Waals surface area contributed by atoms with E-state index >= 15 is 0 Å². The van der Waals surface area contributed by atoms with E-state index in [0.29, 0.717) is 0 Å². The van der Waals surface area contributed by atoms with E-state index in [-0.39, 0.29) is 17.9 Å². The summed E-state index contributed by atoms with van der Waals surface area (Å²) in [5.74, 6) is -0.265. The Labute approximate surface area is 141 Å². The van der Waals surface area contributed by atoms with Crippen LogP contribution in [-0.4, -0.2) is 28.9 Å². The average Bonchev–Trinajstić information content (AvgIpc) is 2.99. The summed E-state index contributed by atoms with van der Waals surface area (Å²) in [6.07, 6.45) is 0. The predicted molar refractivity (Wildman–Crippen MR) is 95.2 cm³/mol. The Kier molecular flexibility index (Phi) is 6.27. The lowest BCUT2D eigenvalue weighted by molar-refractivity contribution is -0.119. The van der Waals surface area contributed by atoms with Crippen LogP contribution in [0.4, 0.5) is 5.69 Å². The van der Waals surface area contributed by atoms with E-state index in [1.54, 1.807) is 11.3 Å². The molecular weight excluding hydrogens is 308 g/mol. The molecule has 1 aromatic heterocycles. The van der Waals surface area contributed by atoms with Crippen molar-refractivity contribution < 1.29 is 4.79 Å². The lowest BCUT2D eigenvalue weighted by Gasteiger charge is -2.17. The fraction of sp³-hybridized carbons (Fsp3) is 0.412. The molecule has 0 bridgehead atoms. The third kappa shape index (κ3) is 5.42. The molecular formula is C17H24N4OS. The smallest absolute Gasteiger partial charge is 0.228 e. The molecule has 0 saturated carbocycles. The maximum Gasteiger partial charge on any atom is 0.228 e. The van der Waals surface area contributed by atoms with Crippen molar-refractivity contribution in [1.29, 1.82) is 0 Å². The molecule has 0 aliphatic rings. The summed E-state index contributed by atoms with van der Waals surface area (Å²) >= 11 is 1.61. The van der Waals surface area contributed by atoms with Crippen LogP contribution in [0, 0.1) is 5.92 Å². The minimum atomic E-state index is -0.217. The van der Waals surface area contributed by atoms with Gasteiger partial charge in [0.1, 0.15) is 0 Å². The van der Waals surface area contributed by atoms with Gasteiger partial charge in [0.25, 0.3) is 0 Å². The van der Waals surface area contributed by atoms with E-state index in [1.807, 2.05) is 37.6 Å². The highest BCUT2D eigenvalue weighted by molar-refractivity contribution is 7.07. The maximum absolute atomic E-state index is 12.1. The van der Waals surface area contributed by atoms with Crippen molar-refractivity contribution in [1.82, 2.24) is 9.88 Å². The van der Waals surface area contributed by atoms with Crippen LogP contribution in [-0.2, 0) is 17.9 Å². The number of rotatable bonds is 7. The van der Waals surface area contributed by atoms with Crippen molar-refractivity contribution in [2.45, 2.75) is 33.0 Å². The lowest BCUT2D eigenvalue weighted by Crippen LogP contribution is -2.34. The molecule has 2 unspecified atom stereocenters. The number of nitrogens with two attached hydrogens (primary N) is 1. The number of thiazole rings is 1. The molecule has 5 nitrogen and oxygen atoms in total. The van der Waals surface area contributed by atoms with Crippen LogP contribution in [0.2, 0.25) is 0 Å². The lowest BCUT2D eigenvalue weighted by atomic mass is 10.0. The monoisotopic (exact) mass is 332 g/mol. The Morgan fingerprint density at radius 1 is 1.39 bits per heavy atom. The van der Waals surface area contributed by atoms with Crippen LogP contribution in [0.25, 0.3) is 0 Å². The molecule has 0 radical (unpaired) electrons. The highest BCUT2D eigenvalue weighted by Crippen LogP contribution is 2.15. The van der Waals surface area contributed by atoms with Gasteiger partial charge in [0.15, 0.2) is 0 Å². The average molecular weight is 332 g/mol. The molecule has 23 heavy (non-hydrogen) atoms. The molecule has 0 saturated heterocycles. The number of carbonyl (C=O) groups is 1. The number of carbonyl (C=O) groups excluding carboxylic acids is 1. The number of anilines is 1. The molecule has 0 aliphatic carbocycles. The molecule has 1 amide bonds. The second-order valence-electron chi connectivity index (χ2n) is 5.99. The number of nitrogens with zero attached hydrogens (tertiary/aromatic N) is 2. The molecule has 0 aliphatic heterocycles. The number of nitrogens with one attached hydrogen (secondary N) is 1. The Morgan fingerprint density at radius 2 is 2.17 bits per heavy atom. The van der Waals surface area contributed by atoms with Gasteiger partial charge in [-0.2, -0.15) is 0 Å². The van der Waals surface area contributed by atoms with Crippen molar-refractivity contribution in [2.75, 3.05) is 12.4 Å². The summed E-state index contributed by atoms with van der Waals surface area (Å²) in [4.78, 5) is 18.6. The van der Waals surface area contributed by atoms with Crippen molar-refractivity contribution in [3.8, 4) is 0 Å². The summed E-state index contributed by atoms with van der Waals surface area (Å²) < 4.78 is 0. The third-order valence-corrected chi connectivity index (χ3v) is 4.40. The number of hydrogen-bond donors (Lipinski definition) is 2. The van der Waals surface area contributed by atoms with Gasteiger partial charge >= 0.3 is 0 Å². The summed E-state index contributed by atoms with van der Waals surface area (Å²) in [5, 5.41) is 4.99. The number of amides is 1. The molecule has 1 heterocycles. The third-order valence-electron chi connectivity index (χ3n) is 3.76. The van der Waals surface area contributed by atoms with E-state index in [2.05, 4.69) is 33.7 Å². The molecule has 124 valence electrons. The minimum absolute atomic E-state index is 0.0482. The second kappa shape index (κ2) is 8.19. The second-order valence-corrected chi connectivity index (χ2v) is 6.71. The summed E-state index contributed by atoms with van der Waals surface area (Å²) in [6.45, 7) is 5.28. The molecule has 2 atom stereocenters. The van der Waals surface area contributed by atoms with E-state index in [1.165, 1.54) is 0 Å². The van der Waals surface area contributed by atoms with Gasteiger partial charge in [-0.1, -0.05) is 19.1 Å². The van der Waals surface area contributed by atoms with Gasteiger partial charge in [-0.05, 0) is 31.7 Å². The SMILES string of the molecule is CC(N)C(C)C(=O)Nc1cccc(CN(C)Cc2cscn2)c1. The standard InChI is InChI=1S/C17H24N4OS/c1-12(13(2)18)17(22)20-15-6-4-5-14(7-15)8-21(3)9-16-10-23-11-19-16/h4-7,10-13H,8-9,18H2,1-3H3,(H,20,22). The van der Waals surface area contributed by atoms with Gasteiger partial charge in [-0.15, -0.1) is 11.3 Å². The normalized spacial score (nSPS) is 13.8. The van der Waals surface area contributed by atoms with E-state index in [0.717, 1.165) is 30.0 Å². The largest absolute Gasteiger partial charge is 0.327 e. The Morgan fingerprint density at radius 3 is 2.83 bits per heavy atom. The summed E-state index contributed by atoms with van der Waals surface area (Å²) in [7, 11) is 2.06. The topological polar surface area (TPSA) is 71.2 Å². The fourth-order valence-corrected chi connectivity index (χ4v) is 2.75. The molecule has 6 heteroatoms. The molecule has 1 aromatic carbocycles. The van der Waals surface area contributed by atoms with Gasteiger partial charge in [0.2, 0.25) is 5.91 Å². The van der Waals surface area contributed by atoms with Crippen LogP contribution in [0.1, 0.15) is 25.1 Å². The zero-order valence-electron chi connectivity index (χ0n) is 13.8. The molecule has 0 fully saturated rings. The first-order chi connectivity index (χ1) is 11.0. The van der Waals surface area contributed by atoms with Crippen LogP contribution in [0.3, 0.4) is 0 Å². The quantitative estimate of drug-likeness (QED) is 0.818. The summed E-state index contributed by atoms with van der Waals surface area (Å²) in [6, 6.07) is 7.75. The first kappa shape index (κ1) is 17.6. The van der Waals surface area contributed by atoms with Gasteiger partial charge < -0.3 is 11.1 Å². The number of hydrogen-bond acceptors (Lipinski definition) is 5. The predicted octanol–water partition coefficient (Wildman–Crippen LogP) is 2.70. The van der Waals surface area contributed by atoms with Crippen molar-refractivity contribution in [3.63, 3.8) is 0 Å². The van der Waals surface area contributed by atoms with E-state index < -0.39 is 0 Å². The zero-order valence-corrected chi connectivity index (χ0v) is 14.6. The van der Waals surface area contributed by atoms with E-state index in [9.17, 15) is 4.79 Å². The molecule has 2 rings (SSSR count). The maximum atomic E-state index is 12.1. The first-order valence-electron chi connectivity index (χ1n) is 7.66. The number of benzene rings is 1. The van der Waals surface area contributed by atoms with E-state index in [4.69, 9.17) is 5.73 Å². The highest BCUT2D eigenvalue weighted by Gasteiger charge is 2.17. The minimum Gasteiger partial charge on any atom is -0.327 e. The van der Waals surface area contributed by atoms with Gasteiger partial charge in [0, 0.05) is 30.2 Å². The Bertz CT molecular complexity index is 627. The first-order valence-corrected chi connectivity index (χ1v) is 8.61. The molecule has 0 spiro atoms. The van der Waals surface area contributed by atoms with Crippen molar-refractivity contribution in [2.24, 2.45) is 11.7 Å². The molecule has 2 aromatic rings. The Hall–Kier alpha value is -1.76. The van der Waals surface area contributed by atoms with Crippen LogP contribution in [0.5, 0.6) is 0 Å².